The Balaban J connectivity index is 2.43. The number of nitrogens with zero attached hydrogens (tertiary/aromatic N) is 2. The standard InChI is InChI=1S/C26H37N3O6S/c1-18(2)15-27-26(31)20(4)28(16-21-11-9-8-10-19(21)3)25(30)17-29(36(7,32)33)22-12-13-23(34-5)24(14-22)35-6/h8-14,18,20H,15-17H2,1-7H3,(H,27,31). The molecule has 0 bridgehead atoms. The van der Waals surface area contributed by atoms with Crippen molar-refractivity contribution in [2.45, 2.75) is 40.3 Å². The molecule has 2 aromatic carbocycles. The number of aryl methyl sites for hydroxylation is 1. The number of rotatable bonds is 12. The van der Waals surface area contributed by atoms with Gasteiger partial charge in [0.05, 0.1) is 26.2 Å². The van der Waals surface area contributed by atoms with Crippen LogP contribution in [0.25, 0.3) is 0 Å². The molecule has 2 aromatic rings. The summed E-state index contributed by atoms with van der Waals surface area (Å²) in [6, 6.07) is 11.4. The van der Waals surface area contributed by atoms with Crippen molar-refractivity contribution in [1.29, 1.82) is 0 Å². The van der Waals surface area contributed by atoms with E-state index in [4.69, 9.17) is 9.47 Å². The summed E-state index contributed by atoms with van der Waals surface area (Å²) >= 11 is 0. The van der Waals surface area contributed by atoms with Gasteiger partial charge in [0.25, 0.3) is 0 Å². The number of amides is 2. The largest absolute Gasteiger partial charge is 0.493 e. The number of benzene rings is 2. The predicted molar refractivity (Wildman–Crippen MR) is 141 cm³/mol. The first-order valence-corrected chi connectivity index (χ1v) is 13.5. The van der Waals surface area contributed by atoms with Crippen LogP contribution >= 0.6 is 0 Å². The maximum Gasteiger partial charge on any atom is 0.244 e. The Hall–Kier alpha value is -3.27. The molecule has 10 heteroatoms. The number of anilines is 1. The summed E-state index contributed by atoms with van der Waals surface area (Å²) in [6.45, 7) is 7.67. The molecule has 0 heterocycles. The monoisotopic (exact) mass is 519 g/mol. The molecule has 0 aliphatic heterocycles. The number of methoxy groups -OCH3 is 2. The van der Waals surface area contributed by atoms with E-state index in [1.54, 1.807) is 19.1 Å². The van der Waals surface area contributed by atoms with Crippen LogP contribution in [-0.2, 0) is 26.2 Å². The number of hydrogen-bond acceptors (Lipinski definition) is 6. The molecule has 2 rings (SSSR count). The summed E-state index contributed by atoms with van der Waals surface area (Å²) < 4.78 is 37.0. The van der Waals surface area contributed by atoms with Crippen LogP contribution in [0.3, 0.4) is 0 Å². The molecule has 0 aromatic heterocycles. The first kappa shape index (κ1) is 29.0. The van der Waals surface area contributed by atoms with Crippen LogP contribution in [0, 0.1) is 12.8 Å². The zero-order chi connectivity index (χ0) is 27.0. The fraction of sp³-hybridized carbons (Fsp3) is 0.462. The molecule has 198 valence electrons. The molecule has 0 saturated carbocycles. The van der Waals surface area contributed by atoms with Crippen LogP contribution in [0.15, 0.2) is 42.5 Å². The highest BCUT2D eigenvalue weighted by atomic mass is 32.2. The zero-order valence-corrected chi connectivity index (χ0v) is 22.9. The van der Waals surface area contributed by atoms with E-state index in [-0.39, 0.29) is 24.1 Å². The van der Waals surface area contributed by atoms with Crippen LogP contribution < -0.4 is 19.1 Å². The van der Waals surface area contributed by atoms with Gasteiger partial charge in [-0.15, -0.1) is 0 Å². The lowest BCUT2D eigenvalue weighted by Crippen LogP contribution is -2.51. The Morgan fingerprint density at radius 1 is 1.00 bits per heavy atom. The van der Waals surface area contributed by atoms with Gasteiger partial charge in [0.15, 0.2) is 11.5 Å². The minimum Gasteiger partial charge on any atom is -0.493 e. The molecule has 0 aliphatic carbocycles. The van der Waals surface area contributed by atoms with Gasteiger partial charge in [-0.2, -0.15) is 0 Å². The maximum absolute atomic E-state index is 13.6. The van der Waals surface area contributed by atoms with Crippen LogP contribution in [0.4, 0.5) is 5.69 Å². The van der Waals surface area contributed by atoms with Gasteiger partial charge in [-0.25, -0.2) is 8.42 Å². The van der Waals surface area contributed by atoms with Crippen LogP contribution in [0.5, 0.6) is 11.5 Å². The molecule has 1 atom stereocenters. The highest BCUT2D eigenvalue weighted by molar-refractivity contribution is 7.92. The van der Waals surface area contributed by atoms with E-state index < -0.39 is 28.5 Å². The summed E-state index contributed by atoms with van der Waals surface area (Å²) in [6.07, 6.45) is 1.03. The lowest BCUT2D eigenvalue weighted by atomic mass is 10.1. The summed E-state index contributed by atoms with van der Waals surface area (Å²) in [5.41, 5.74) is 2.08. The van der Waals surface area contributed by atoms with E-state index in [1.165, 1.54) is 25.2 Å². The summed E-state index contributed by atoms with van der Waals surface area (Å²) in [5.74, 6) is 0.188. The summed E-state index contributed by atoms with van der Waals surface area (Å²) in [5, 5.41) is 2.87. The Morgan fingerprint density at radius 3 is 2.19 bits per heavy atom. The number of carbonyl (C=O) groups excluding carboxylic acids is 2. The molecule has 36 heavy (non-hydrogen) atoms. The normalized spacial score (nSPS) is 12.1. The van der Waals surface area contributed by atoms with Crippen molar-refractivity contribution in [3.05, 3.63) is 53.6 Å². The van der Waals surface area contributed by atoms with E-state index in [0.29, 0.717) is 18.0 Å². The van der Waals surface area contributed by atoms with Crippen molar-refractivity contribution in [3.63, 3.8) is 0 Å². The average Bonchev–Trinajstić information content (AvgIpc) is 2.83. The first-order chi connectivity index (χ1) is 16.9. The second-order valence-corrected chi connectivity index (χ2v) is 11.0. The van der Waals surface area contributed by atoms with Crippen molar-refractivity contribution in [1.82, 2.24) is 10.2 Å². The van der Waals surface area contributed by atoms with Gasteiger partial charge in [0.1, 0.15) is 12.6 Å². The molecular weight excluding hydrogens is 482 g/mol. The van der Waals surface area contributed by atoms with Gasteiger partial charge in [-0.1, -0.05) is 38.1 Å². The van der Waals surface area contributed by atoms with Crippen molar-refractivity contribution in [2.24, 2.45) is 5.92 Å². The van der Waals surface area contributed by atoms with Crippen molar-refractivity contribution in [2.75, 3.05) is 37.9 Å². The van der Waals surface area contributed by atoms with Gasteiger partial charge in [0.2, 0.25) is 21.8 Å². The predicted octanol–water partition coefficient (Wildman–Crippen LogP) is 2.97. The lowest BCUT2D eigenvalue weighted by Gasteiger charge is -2.32. The molecule has 2 amide bonds. The Kier molecular flexibility index (Phi) is 10.2. The Bertz CT molecular complexity index is 1170. The molecule has 0 saturated heterocycles. The van der Waals surface area contributed by atoms with Crippen LogP contribution in [0.2, 0.25) is 0 Å². The first-order valence-electron chi connectivity index (χ1n) is 11.7. The molecule has 1 N–H and O–H groups in total. The number of ether oxygens (including phenoxy) is 2. The molecule has 1 unspecified atom stereocenters. The third-order valence-corrected chi connectivity index (χ3v) is 6.93. The van der Waals surface area contributed by atoms with Crippen molar-refractivity contribution in [3.8, 4) is 11.5 Å². The quantitative estimate of drug-likeness (QED) is 0.462. The fourth-order valence-electron chi connectivity index (χ4n) is 3.60. The second-order valence-electron chi connectivity index (χ2n) is 9.07. The molecule has 0 spiro atoms. The molecule has 0 aliphatic rings. The van der Waals surface area contributed by atoms with Gasteiger partial charge >= 0.3 is 0 Å². The topological polar surface area (TPSA) is 105 Å². The summed E-state index contributed by atoms with van der Waals surface area (Å²) in [4.78, 5) is 28.0. The number of nitrogens with one attached hydrogen (secondary N) is 1. The zero-order valence-electron chi connectivity index (χ0n) is 22.1. The highest BCUT2D eigenvalue weighted by Gasteiger charge is 2.30. The molecular formula is C26H37N3O6S. The van der Waals surface area contributed by atoms with Crippen LogP contribution in [-0.4, -0.2) is 64.7 Å². The van der Waals surface area contributed by atoms with Crippen molar-refractivity contribution >= 4 is 27.5 Å². The summed E-state index contributed by atoms with van der Waals surface area (Å²) in [7, 11) is -0.930. The third-order valence-electron chi connectivity index (χ3n) is 5.79. The van der Waals surface area contributed by atoms with Gasteiger partial charge in [-0.3, -0.25) is 13.9 Å². The third kappa shape index (κ3) is 7.61. The van der Waals surface area contributed by atoms with Gasteiger partial charge in [-0.05, 0) is 43.0 Å². The maximum atomic E-state index is 13.6. The van der Waals surface area contributed by atoms with Crippen molar-refractivity contribution < 1.29 is 27.5 Å². The minimum atomic E-state index is -3.85. The lowest BCUT2D eigenvalue weighted by molar-refractivity contribution is -0.139. The van der Waals surface area contributed by atoms with Gasteiger partial charge < -0.3 is 19.7 Å². The van der Waals surface area contributed by atoms with E-state index >= 15 is 0 Å². The molecule has 0 radical (unpaired) electrons. The van der Waals surface area contributed by atoms with E-state index in [1.807, 2.05) is 45.0 Å². The number of carbonyl (C=O) groups is 2. The Morgan fingerprint density at radius 2 is 1.64 bits per heavy atom. The van der Waals surface area contributed by atoms with E-state index in [9.17, 15) is 18.0 Å². The van der Waals surface area contributed by atoms with Gasteiger partial charge in [0, 0.05) is 19.2 Å². The average molecular weight is 520 g/mol. The van der Waals surface area contributed by atoms with Crippen LogP contribution in [0.1, 0.15) is 31.9 Å². The fourth-order valence-corrected chi connectivity index (χ4v) is 4.44. The number of hydrogen-bond donors (Lipinski definition) is 1. The smallest absolute Gasteiger partial charge is 0.244 e. The van der Waals surface area contributed by atoms with E-state index in [0.717, 1.165) is 21.7 Å². The molecule has 0 fully saturated rings. The molecule has 9 nitrogen and oxygen atoms in total. The highest BCUT2D eigenvalue weighted by Crippen LogP contribution is 2.32. The number of sulfonamides is 1. The minimum absolute atomic E-state index is 0.158. The van der Waals surface area contributed by atoms with E-state index in [2.05, 4.69) is 5.32 Å². The Labute approximate surface area is 214 Å². The second kappa shape index (κ2) is 12.6. The SMILES string of the molecule is COc1ccc(N(CC(=O)N(Cc2ccccc2C)C(C)C(=O)NCC(C)C)S(C)(=O)=O)cc1OC.